The lowest BCUT2D eigenvalue weighted by atomic mass is 9.75. The van der Waals surface area contributed by atoms with Gasteiger partial charge < -0.3 is 98.4 Å². The number of carbonyl (C=O) groups excluding carboxylic acids is 3. The molecule has 3 saturated heterocycles. The van der Waals surface area contributed by atoms with E-state index < -0.39 is 169 Å². The number of methoxy groups -OCH3 is 1. The third-order valence-corrected chi connectivity index (χ3v) is 17.4. The van der Waals surface area contributed by atoms with E-state index in [1.165, 1.54) is 45.2 Å². The van der Waals surface area contributed by atoms with Gasteiger partial charge in [-0.05, 0) is 103 Å². The van der Waals surface area contributed by atoms with Crippen LogP contribution in [0.5, 0.6) is 17.2 Å². The lowest BCUT2D eigenvalue weighted by Crippen LogP contribution is -2.56. The molecule has 3 heterocycles. The predicted octanol–water partition coefficient (Wildman–Crippen LogP) is 2.20. The second-order valence-corrected chi connectivity index (χ2v) is 23.7. The summed E-state index contributed by atoms with van der Waals surface area (Å²) in [6.45, 7) is 14.4. The van der Waals surface area contributed by atoms with Gasteiger partial charge in [-0.1, -0.05) is 19.9 Å². The molecule has 6 aliphatic rings. The van der Waals surface area contributed by atoms with E-state index in [1.54, 1.807) is 34.6 Å². The van der Waals surface area contributed by atoms with Crippen molar-refractivity contribution in [3.63, 3.8) is 0 Å². The van der Waals surface area contributed by atoms with E-state index in [-0.39, 0.29) is 83.6 Å². The number of rotatable bonds is 17. The van der Waals surface area contributed by atoms with Gasteiger partial charge in [0.25, 0.3) is 0 Å². The monoisotopic (exact) mass is 1150 g/mol. The first-order valence-electron chi connectivity index (χ1n) is 28.3. The highest BCUT2D eigenvalue weighted by Crippen LogP contribution is 2.48. The van der Waals surface area contributed by atoms with E-state index in [1.807, 2.05) is 13.8 Å². The summed E-state index contributed by atoms with van der Waals surface area (Å²) in [4.78, 5) is 41.4. The Morgan fingerprint density at radius 3 is 1.90 bits per heavy atom. The molecule has 5 fully saturated rings. The van der Waals surface area contributed by atoms with Crippen LogP contribution in [0, 0.1) is 24.7 Å². The molecule has 0 radical (unpaired) electrons. The summed E-state index contributed by atoms with van der Waals surface area (Å²) in [6, 6.07) is 3.06. The first-order chi connectivity index (χ1) is 38.1. The Hall–Kier alpha value is -3.99. The van der Waals surface area contributed by atoms with Crippen LogP contribution in [0.2, 0.25) is 0 Å². The van der Waals surface area contributed by atoms with Gasteiger partial charge in [-0.2, -0.15) is 0 Å². The molecule has 3 aliphatic carbocycles. The summed E-state index contributed by atoms with van der Waals surface area (Å²) in [5.41, 5.74) is -1.29. The molecule has 23 heteroatoms. The number of aromatic hydroxyl groups is 2. The number of Topliss-reactive ketones (excluding diaryl/α,β-unsaturated/α-hetero) is 2. The maximum Gasteiger partial charge on any atom is 0.330 e. The molecule has 23 nitrogen and oxygen atoms in total. The zero-order chi connectivity index (χ0) is 59.3. The largest absolute Gasteiger partial charge is 0.507 e. The van der Waals surface area contributed by atoms with Crippen molar-refractivity contribution < 1.29 is 113 Å². The second-order valence-electron chi connectivity index (χ2n) is 23.7. The van der Waals surface area contributed by atoms with E-state index in [2.05, 4.69) is 0 Å². The molecule has 3 aliphatic heterocycles. The Bertz CT molecular complexity index is 2570. The van der Waals surface area contributed by atoms with Crippen LogP contribution in [0.3, 0.4) is 0 Å². The number of allylic oxidation sites excluding steroid dienone is 1. The second kappa shape index (κ2) is 25.7. The third-order valence-electron chi connectivity index (χ3n) is 17.4. The first kappa shape index (κ1) is 63.0. The van der Waals surface area contributed by atoms with Crippen LogP contribution in [-0.4, -0.2) is 210 Å². The van der Waals surface area contributed by atoms with E-state index in [0.717, 1.165) is 0 Å². The molecule has 2 aromatic carbocycles. The minimum atomic E-state index is -1.94. The van der Waals surface area contributed by atoms with Gasteiger partial charge in [-0.15, -0.1) is 0 Å². The number of benzene rings is 2. The highest BCUT2D eigenvalue weighted by atomic mass is 16.7. The van der Waals surface area contributed by atoms with Gasteiger partial charge in [0, 0.05) is 56.8 Å². The maximum atomic E-state index is 15.1. The number of carbonyl (C=O) groups is 3. The van der Waals surface area contributed by atoms with E-state index in [0.29, 0.717) is 12.8 Å². The minimum Gasteiger partial charge on any atom is -0.507 e. The summed E-state index contributed by atoms with van der Waals surface area (Å²) >= 11 is 0. The normalized spacial score (nSPS) is 40.6. The van der Waals surface area contributed by atoms with Crippen LogP contribution in [0.25, 0.3) is 10.8 Å². The fourth-order valence-electron chi connectivity index (χ4n) is 12.8. The molecule has 5 unspecified atom stereocenters. The lowest BCUT2D eigenvalue weighted by molar-refractivity contribution is -0.298. The minimum absolute atomic E-state index is 0.0414. The smallest absolute Gasteiger partial charge is 0.330 e. The topological polar surface area (TPSA) is 346 Å². The number of ether oxygens (including phenoxy) is 10. The number of hydrogen-bond donors (Lipinski definition) is 10. The first-order valence-corrected chi connectivity index (χ1v) is 28.3. The standard InChI is InChI=1S/C58H84O23/c1-11-12-40(60)78-38-20-42(74-28(7)50(38)65)80-39-21-41(73-29(8)51(39)66)79-35-17-31-15-30-16-34(55(72-10)54(69)48(63)26(5)59)56(53(68)45(30)52(67)44(31)47(62)25(35)4)81-43-19-37(49(64)27(6)75-43)76-32-13-23(2)46(61)36(18-32)77-33-14-24(3)57(70)58(9,71)22-33/h11-12,15,17,23-24,26-29,32-34,36-39,41-43,46,48-51,55-57,59,61-67,70-71H,13-14,16,18-22H2,1-10H3/b12-11+/t23?,24?,26-,27?,28?,29?,32-,33-,34+,36-,37-,38-,39-,41+,42+,43+,46+,48+,49-,50-,51-,55+,56+,57-,58+/m1/s1. The molecule has 0 bridgehead atoms. The van der Waals surface area contributed by atoms with Gasteiger partial charge in [0.15, 0.2) is 24.1 Å². The highest BCUT2D eigenvalue weighted by molar-refractivity contribution is 6.11. The zero-order valence-corrected chi connectivity index (χ0v) is 47.6. The van der Waals surface area contributed by atoms with Gasteiger partial charge in [0.2, 0.25) is 6.29 Å². The fraction of sp³-hybridized carbons (Fsp3) is 0.741. The van der Waals surface area contributed by atoms with Crippen molar-refractivity contribution in [2.24, 2.45) is 17.8 Å². The fourth-order valence-corrected chi connectivity index (χ4v) is 12.8. The van der Waals surface area contributed by atoms with Crippen molar-refractivity contribution in [3.05, 3.63) is 41.0 Å². The number of phenols is 2. The molecule has 10 N–H and O–H groups in total. The quantitative estimate of drug-likeness (QED) is 0.0802. The number of hydrogen-bond acceptors (Lipinski definition) is 23. The SMILES string of the molecule is C/C=C/C(=O)O[C@@H]1C[C@H](O[C@@H]2C[C@H](Oc3cc4cc5c(c(O)c4c(O)c3C)C(=O)[C@@H](O[C@H]3C[C@@H](O[C@@H]4CC(C)[C@H](O)[C@H](O[C@@H]6CC(C)[C@@H](O)[C@@](C)(O)C6)C4)[C@H](O)C(C)O3)[C@H]([C@H](OC)C(=O)[C@@H](O)[C@@H](C)O)C5)OC(C)[C@H]2O)OC(C)[C@H]1O. The van der Waals surface area contributed by atoms with Crippen LogP contribution >= 0.6 is 0 Å². The maximum absolute atomic E-state index is 15.1. The van der Waals surface area contributed by atoms with Crippen LogP contribution in [0.15, 0.2) is 24.3 Å². The predicted molar refractivity (Wildman–Crippen MR) is 284 cm³/mol. The highest BCUT2D eigenvalue weighted by Gasteiger charge is 2.51. The van der Waals surface area contributed by atoms with Gasteiger partial charge in [-0.25, -0.2) is 4.79 Å². The molecule has 2 saturated carbocycles. The Morgan fingerprint density at radius 1 is 0.728 bits per heavy atom. The number of phenolic OH excluding ortho intramolecular Hbond substituents is 2. The van der Waals surface area contributed by atoms with E-state index in [9.17, 15) is 60.7 Å². The molecule has 8 rings (SSSR count). The molecular weight excluding hydrogens is 1060 g/mol. The van der Waals surface area contributed by atoms with Crippen molar-refractivity contribution in [2.45, 2.75) is 248 Å². The zero-order valence-electron chi connectivity index (χ0n) is 47.6. The molecule has 25 atom stereocenters. The number of ketones is 2. The summed E-state index contributed by atoms with van der Waals surface area (Å²) in [6.07, 6.45) is -18.9. The third kappa shape index (κ3) is 13.4. The molecule has 81 heavy (non-hydrogen) atoms. The molecule has 0 aromatic heterocycles. The van der Waals surface area contributed by atoms with Crippen LogP contribution in [0.1, 0.15) is 122 Å². The van der Waals surface area contributed by atoms with E-state index in [4.69, 9.17) is 47.4 Å². The Labute approximate surface area is 470 Å². The van der Waals surface area contributed by atoms with Crippen molar-refractivity contribution in [1.82, 2.24) is 0 Å². The summed E-state index contributed by atoms with van der Waals surface area (Å²) < 4.78 is 61.4. The van der Waals surface area contributed by atoms with E-state index >= 15 is 4.79 Å². The average molecular weight is 1150 g/mol. The Balaban J connectivity index is 1.03. The van der Waals surface area contributed by atoms with Gasteiger partial charge >= 0.3 is 5.97 Å². The molecule has 2 aromatic rings. The number of esters is 1. The van der Waals surface area contributed by atoms with Crippen LogP contribution < -0.4 is 4.74 Å². The van der Waals surface area contributed by atoms with Crippen molar-refractivity contribution in [3.8, 4) is 17.2 Å². The Kier molecular flexibility index (Phi) is 20.0. The molecule has 0 amide bonds. The molecule has 0 spiro atoms. The van der Waals surface area contributed by atoms with Crippen molar-refractivity contribution in [1.29, 1.82) is 0 Å². The van der Waals surface area contributed by atoms with Crippen LogP contribution in [0.4, 0.5) is 0 Å². The lowest BCUT2D eigenvalue weighted by Gasteiger charge is -2.46. The van der Waals surface area contributed by atoms with Crippen LogP contribution in [-0.2, 0) is 58.6 Å². The van der Waals surface area contributed by atoms with Gasteiger partial charge in [0.05, 0.1) is 83.7 Å². The average Bonchev–Trinajstić information content (AvgIpc) is 2.70. The number of fused-ring (bicyclic) bond motifs is 2. The number of aliphatic hydroxyl groups excluding tert-OH is 7. The van der Waals surface area contributed by atoms with Crippen molar-refractivity contribution >= 4 is 28.3 Å². The summed E-state index contributed by atoms with van der Waals surface area (Å²) in [5, 5.41) is 112. The molecular formula is C58H84O23. The summed E-state index contributed by atoms with van der Waals surface area (Å²) in [5.74, 6) is -5.19. The van der Waals surface area contributed by atoms with Crippen molar-refractivity contribution in [2.75, 3.05) is 7.11 Å². The molecule has 454 valence electrons. The summed E-state index contributed by atoms with van der Waals surface area (Å²) in [7, 11) is 1.20. The Morgan fingerprint density at radius 2 is 1.28 bits per heavy atom. The van der Waals surface area contributed by atoms with Gasteiger partial charge in [0.1, 0.15) is 60.0 Å². The number of aliphatic hydroxyl groups is 8. The van der Waals surface area contributed by atoms with Gasteiger partial charge in [-0.3, -0.25) is 9.59 Å².